The number of benzene rings is 8. The number of hydrogen-bond acceptors (Lipinski definition) is 3. The van der Waals surface area contributed by atoms with Crippen molar-refractivity contribution in [3.63, 3.8) is 0 Å². The van der Waals surface area contributed by atoms with E-state index in [0.717, 1.165) is 32.3 Å². The lowest BCUT2D eigenvalue weighted by Crippen LogP contribution is -1.84. The predicted molar refractivity (Wildman–Crippen MR) is 168 cm³/mol. The highest BCUT2D eigenvalue weighted by atomic mass is 32.1. The molecule has 0 unspecified atom stereocenters. The van der Waals surface area contributed by atoms with E-state index < -0.39 is 0 Å². The van der Waals surface area contributed by atoms with Crippen molar-refractivity contribution in [3.05, 3.63) is 109 Å². The topological polar surface area (TPSA) is 40.5 Å². The summed E-state index contributed by atoms with van der Waals surface area (Å²) >= 11 is 1.83. The van der Waals surface area contributed by atoms with Gasteiger partial charge in [-0.3, -0.25) is 0 Å². The normalized spacial score (nSPS) is 12.3. The molecule has 0 atom stereocenters. The molecule has 0 radical (unpaired) electrons. The monoisotopic (exact) mass is 516 g/mol. The molecule has 0 saturated heterocycles. The zero-order valence-electron chi connectivity index (χ0n) is 20.7. The second kappa shape index (κ2) is 7.37. The Labute approximate surface area is 226 Å². The third-order valence-corrected chi connectivity index (χ3v) is 9.47. The molecule has 3 heteroatoms. The zero-order chi connectivity index (χ0) is 25.8. The van der Waals surface area contributed by atoms with E-state index in [-0.39, 0.29) is 11.5 Å². The van der Waals surface area contributed by atoms with Crippen LogP contribution in [0.5, 0.6) is 11.5 Å². The minimum absolute atomic E-state index is 0.286. The van der Waals surface area contributed by atoms with Gasteiger partial charge in [-0.25, -0.2) is 0 Å². The van der Waals surface area contributed by atoms with Crippen molar-refractivity contribution in [1.82, 2.24) is 0 Å². The molecule has 1 heterocycles. The van der Waals surface area contributed by atoms with E-state index >= 15 is 0 Å². The molecule has 1 aromatic heterocycles. The van der Waals surface area contributed by atoms with Gasteiger partial charge in [0.1, 0.15) is 11.5 Å². The second-order valence-electron chi connectivity index (χ2n) is 10.4. The van der Waals surface area contributed by atoms with Gasteiger partial charge in [0.05, 0.1) is 0 Å². The third-order valence-electron chi connectivity index (χ3n) is 8.35. The maximum atomic E-state index is 10.3. The molecular weight excluding hydrogens is 496 g/mol. The van der Waals surface area contributed by atoms with Crippen LogP contribution in [0.3, 0.4) is 0 Å². The molecule has 0 aliphatic carbocycles. The maximum Gasteiger partial charge on any atom is 0.116 e. The molecule has 0 aliphatic heterocycles. The smallest absolute Gasteiger partial charge is 0.116 e. The number of thiophene rings is 1. The number of phenols is 2. The third kappa shape index (κ3) is 2.80. The molecule has 2 nitrogen and oxygen atoms in total. The fraction of sp³-hybridized carbons (Fsp3) is 0. The molecule has 0 spiro atoms. The van der Waals surface area contributed by atoms with E-state index in [1.54, 1.807) is 12.1 Å². The standard InChI is InChI=1S/C36H20O2S/c37-19-9-11-25-27(13-19)21-5-1-3-7-23(21)29-15-33-34-16-30-24-8-4-2-6-22(24)28-14-20(38)10-12-26(28)32(30)18-36(34)39-35(33)17-31(25)29/h1-18,37-38H. The summed E-state index contributed by atoms with van der Waals surface area (Å²) < 4.78 is 2.51. The van der Waals surface area contributed by atoms with Gasteiger partial charge in [-0.2, -0.15) is 0 Å². The number of hydrogen-bond donors (Lipinski definition) is 2. The van der Waals surface area contributed by atoms with Crippen LogP contribution in [0.2, 0.25) is 0 Å². The van der Waals surface area contributed by atoms with Gasteiger partial charge in [-0.15, -0.1) is 11.3 Å². The van der Waals surface area contributed by atoms with Crippen LogP contribution in [0.25, 0.3) is 84.8 Å². The summed E-state index contributed by atoms with van der Waals surface area (Å²) in [6.07, 6.45) is 0. The van der Waals surface area contributed by atoms with Gasteiger partial charge in [-0.05, 0) is 113 Å². The maximum absolute atomic E-state index is 10.3. The molecule has 0 saturated carbocycles. The van der Waals surface area contributed by atoms with Gasteiger partial charge in [-0.1, -0.05) is 60.7 Å². The summed E-state index contributed by atoms with van der Waals surface area (Å²) in [5.74, 6) is 0.573. The highest BCUT2D eigenvalue weighted by Gasteiger charge is 2.16. The fourth-order valence-electron chi connectivity index (χ4n) is 6.64. The first-order chi connectivity index (χ1) is 19.1. The lowest BCUT2D eigenvalue weighted by atomic mass is 9.92. The Hall–Kier alpha value is -4.86. The zero-order valence-corrected chi connectivity index (χ0v) is 21.5. The Morgan fingerprint density at radius 2 is 0.641 bits per heavy atom. The first-order valence-corrected chi connectivity index (χ1v) is 13.9. The van der Waals surface area contributed by atoms with Crippen molar-refractivity contribution in [2.24, 2.45) is 0 Å². The van der Waals surface area contributed by atoms with Crippen molar-refractivity contribution in [2.45, 2.75) is 0 Å². The van der Waals surface area contributed by atoms with Crippen molar-refractivity contribution in [3.8, 4) is 11.5 Å². The molecular formula is C36H20O2S. The lowest BCUT2D eigenvalue weighted by Gasteiger charge is -2.12. The van der Waals surface area contributed by atoms with Crippen LogP contribution in [0.4, 0.5) is 0 Å². The van der Waals surface area contributed by atoms with Crippen LogP contribution in [0, 0.1) is 0 Å². The Bertz CT molecular complexity index is 2340. The van der Waals surface area contributed by atoms with Gasteiger partial charge in [0.15, 0.2) is 0 Å². The molecule has 0 bridgehead atoms. The van der Waals surface area contributed by atoms with Crippen molar-refractivity contribution in [1.29, 1.82) is 0 Å². The van der Waals surface area contributed by atoms with Gasteiger partial charge >= 0.3 is 0 Å². The number of aromatic hydroxyl groups is 2. The molecule has 2 N–H and O–H groups in total. The molecule has 182 valence electrons. The van der Waals surface area contributed by atoms with Crippen LogP contribution in [0.1, 0.15) is 0 Å². The quantitative estimate of drug-likeness (QED) is 0.197. The number of phenolic OH excluding ortho intramolecular Hbond substituents is 2. The van der Waals surface area contributed by atoms with Crippen molar-refractivity contribution in [2.75, 3.05) is 0 Å². The highest BCUT2D eigenvalue weighted by Crippen LogP contribution is 2.45. The van der Waals surface area contributed by atoms with E-state index in [2.05, 4.69) is 72.8 Å². The SMILES string of the molecule is Oc1ccc2c(c1)c1ccccc1c1cc3c(cc21)sc1cc2c4ccc(O)cc4c4ccccc4c2cc13. The summed E-state index contributed by atoms with van der Waals surface area (Å²) in [6.45, 7) is 0. The summed E-state index contributed by atoms with van der Waals surface area (Å²) in [6, 6.07) is 37.8. The summed E-state index contributed by atoms with van der Waals surface area (Å²) in [4.78, 5) is 0. The van der Waals surface area contributed by atoms with E-state index in [0.29, 0.717) is 0 Å². The highest BCUT2D eigenvalue weighted by molar-refractivity contribution is 7.26. The van der Waals surface area contributed by atoms with Crippen LogP contribution >= 0.6 is 11.3 Å². The van der Waals surface area contributed by atoms with Crippen LogP contribution in [-0.4, -0.2) is 10.2 Å². The van der Waals surface area contributed by atoms with E-state index in [1.807, 2.05) is 35.6 Å². The summed E-state index contributed by atoms with van der Waals surface area (Å²) in [5.41, 5.74) is 0. The first-order valence-electron chi connectivity index (χ1n) is 13.0. The Morgan fingerprint density at radius 3 is 1.05 bits per heavy atom. The second-order valence-corrected chi connectivity index (χ2v) is 11.5. The average molecular weight is 517 g/mol. The van der Waals surface area contributed by atoms with Gasteiger partial charge in [0, 0.05) is 20.2 Å². The molecule has 39 heavy (non-hydrogen) atoms. The van der Waals surface area contributed by atoms with E-state index in [1.165, 1.54) is 52.5 Å². The van der Waals surface area contributed by atoms with Gasteiger partial charge < -0.3 is 10.2 Å². The molecule has 0 fully saturated rings. The Balaban J connectivity index is 1.49. The van der Waals surface area contributed by atoms with Crippen molar-refractivity contribution < 1.29 is 10.2 Å². The molecule has 0 aliphatic rings. The minimum atomic E-state index is 0.286. The average Bonchev–Trinajstić information content (AvgIpc) is 3.32. The first kappa shape index (κ1) is 21.1. The summed E-state index contributed by atoms with van der Waals surface area (Å²) in [5, 5.41) is 37.1. The van der Waals surface area contributed by atoms with Crippen LogP contribution in [0.15, 0.2) is 109 Å². The van der Waals surface area contributed by atoms with Crippen LogP contribution in [-0.2, 0) is 0 Å². The molecule has 0 amide bonds. The Kier molecular flexibility index (Phi) is 3.99. The molecule has 9 aromatic rings. The summed E-state index contributed by atoms with van der Waals surface area (Å²) in [7, 11) is 0. The number of fused-ring (bicyclic) bond motifs is 15. The molecule has 8 aromatic carbocycles. The predicted octanol–water partition coefficient (Wildman–Crippen LogP) is 10.4. The minimum Gasteiger partial charge on any atom is -0.508 e. The van der Waals surface area contributed by atoms with E-state index in [4.69, 9.17) is 0 Å². The molecule has 9 rings (SSSR count). The van der Waals surface area contributed by atoms with Gasteiger partial charge in [0.25, 0.3) is 0 Å². The largest absolute Gasteiger partial charge is 0.508 e. The lowest BCUT2D eigenvalue weighted by molar-refractivity contribution is 0.475. The fourth-order valence-corrected chi connectivity index (χ4v) is 7.79. The number of rotatable bonds is 0. The van der Waals surface area contributed by atoms with E-state index in [9.17, 15) is 10.2 Å². The van der Waals surface area contributed by atoms with Crippen molar-refractivity contribution >= 4 is 96.1 Å². The van der Waals surface area contributed by atoms with Crippen LogP contribution < -0.4 is 0 Å². The Morgan fingerprint density at radius 1 is 0.308 bits per heavy atom. The van der Waals surface area contributed by atoms with Gasteiger partial charge in [0.2, 0.25) is 0 Å².